The van der Waals surface area contributed by atoms with Gasteiger partial charge >= 0.3 is 0 Å². The van der Waals surface area contributed by atoms with Crippen LogP contribution in [0.3, 0.4) is 0 Å². The van der Waals surface area contributed by atoms with Crippen LogP contribution in [0.2, 0.25) is 0 Å². The molecule has 2 aromatic carbocycles. The number of ether oxygens (including phenoxy) is 2. The average Bonchev–Trinajstić information content (AvgIpc) is 2.67. The third-order valence-electron chi connectivity index (χ3n) is 5.54. The van der Waals surface area contributed by atoms with E-state index in [9.17, 15) is 0 Å². The van der Waals surface area contributed by atoms with Gasteiger partial charge in [0.1, 0.15) is 6.61 Å². The van der Waals surface area contributed by atoms with Crippen LogP contribution in [0.25, 0.3) is 0 Å². The lowest BCUT2D eigenvalue weighted by molar-refractivity contribution is 0.0913. The molecule has 0 unspecified atom stereocenters. The lowest BCUT2D eigenvalue weighted by atomic mass is 9.86. The monoisotopic (exact) mass is 337 g/mol. The molecule has 0 bridgehead atoms. The van der Waals surface area contributed by atoms with Gasteiger partial charge in [-0.1, -0.05) is 56.2 Å². The minimum absolute atomic E-state index is 0.0322. The second kappa shape index (κ2) is 7.49. The number of rotatable bonds is 4. The van der Waals surface area contributed by atoms with Gasteiger partial charge in [0.25, 0.3) is 0 Å². The molecule has 3 heteroatoms. The van der Waals surface area contributed by atoms with E-state index < -0.39 is 0 Å². The van der Waals surface area contributed by atoms with Crippen LogP contribution in [0.5, 0.6) is 11.5 Å². The molecule has 1 N–H and O–H groups in total. The van der Waals surface area contributed by atoms with Crippen molar-refractivity contribution in [2.75, 3.05) is 6.61 Å². The summed E-state index contributed by atoms with van der Waals surface area (Å²) in [6.07, 6.45) is 5.39. The van der Waals surface area contributed by atoms with Crippen molar-refractivity contribution in [2.24, 2.45) is 5.92 Å². The Morgan fingerprint density at radius 1 is 0.960 bits per heavy atom. The van der Waals surface area contributed by atoms with Crippen molar-refractivity contribution in [1.82, 2.24) is 5.32 Å². The molecule has 1 aliphatic heterocycles. The third kappa shape index (κ3) is 3.82. The highest BCUT2D eigenvalue weighted by Gasteiger charge is 2.23. The van der Waals surface area contributed by atoms with Gasteiger partial charge in [0.05, 0.1) is 0 Å². The lowest BCUT2D eigenvalue weighted by Gasteiger charge is -2.30. The van der Waals surface area contributed by atoms with Gasteiger partial charge in [0.2, 0.25) is 0 Å². The predicted octanol–water partition coefficient (Wildman–Crippen LogP) is 4.87. The van der Waals surface area contributed by atoms with E-state index in [1.54, 1.807) is 0 Å². The number of hydrogen-bond donors (Lipinski definition) is 1. The van der Waals surface area contributed by atoms with Crippen LogP contribution in [0.4, 0.5) is 0 Å². The van der Waals surface area contributed by atoms with E-state index in [0.717, 1.165) is 24.0 Å². The second-order valence-electron chi connectivity index (χ2n) is 7.35. The van der Waals surface area contributed by atoms with E-state index in [1.807, 2.05) is 24.3 Å². The first-order valence-electron chi connectivity index (χ1n) is 9.50. The van der Waals surface area contributed by atoms with E-state index in [4.69, 9.17) is 9.47 Å². The van der Waals surface area contributed by atoms with Crippen molar-refractivity contribution >= 4 is 0 Å². The van der Waals surface area contributed by atoms with E-state index in [-0.39, 0.29) is 6.10 Å². The SMILES string of the molecule is C[C@H]1CCCC[C@H]1NCc1ccc([C@H]2COc3ccccc3O2)cc1. The Balaban J connectivity index is 1.36. The maximum absolute atomic E-state index is 6.09. The molecule has 0 spiro atoms. The molecule has 132 valence electrons. The summed E-state index contributed by atoms with van der Waals surface area (Å²) in [5, 5.41) is 3.74. The molecule has 1 fully saturated rings. The van der Waals surface area contributed by atoms with Crippen LogP contribution < -0.4 is 14.8 Å². The fraction of sp³-hybridized carbons (Fsp3) is 0.455. The maximum Gasteiger partial charge on any atom is 0.162 e. The third-order valence-corrected chi connectivity index (χ3v) is 5.54. The van der Waals surface area contributed by atoms with Crippen molar-refractivity contribution in [3.63, 3.8) is 0 Å². The van der Waals surface area contributed by atoms with Crippen molar-refractivity contribution in [2.45, 2.75) is 51.3 Å². The van der Waals surface area contributed by atoms with Crippen molar-refractivity contribution in [1.29, 1.82) is 0 Å². The highest BCUT2D eigenvalue weighted by molar-refractivity contribution is 5.41. The van der Waals surface area contributed by atoms with Gasteiger partial charge in [0, 0.05) is 12.6 Å². The van der Waals surface area contributed by atoms with Gasteiger partial charge in [-0.3, -0.25) is 0 Å². The molecular formula is C22H27NO2. The molecule has 0 saturated heterocycles. The summed E-state index contributed by atoms with van der Waals surface area (Å²) in [7, 11) is 0. The zero-order chi connectivity index (χ0) is 17.1. The standard InChI is InChI=1S/C22H27NO2/c1-16-6-2-3-7-19(16)23-14-17-10-12-18(13-11-17)22-15-24-20-8-4-5-9-21(20)25-22/h4-5,8-13,16,19,22-23H,2-3,6-7,14-15H2,1H3/t16-,19+,22+/m0/s1. The van der Waals surface area contributed by atoms with Gasteiger partial charge in [-0.2, -0.15) is 0 Å². The molecular weight excluding hydrogens is 310 g/mol. The first-order valence-corrected chi connectivity index (χ1v) is 9.50. The van der Waals surface area contributed by atoms with Crippen LogP contribution >= 0.6 is 0 Å². The van der Waals surface area contributed by atoms with E-state index >= 15 is 0 Å². The van der Waals surface area contributed by atoms with E-state index in [2.05, 4.69) is 36.5 Å². The normalized spacial score (nSPS) is 25.6. The topological polar surface area (TPSA) is 30.5 Å². The van der Waals surface area contributed by atoms with Gasteiger partial charge in [-0.25, -0.2) is 0 Å². The summed E-state index contributed by atoms with van der Waals surface area (Å²) in [5.74, 6) is 2.46. The fourth-order valence-corrected chi connectivity index (χ4v) is 3.90. The maximum atomic E-state index is 6.09. The summed E-state index contributed by atoms with van der Waals surface area (Å²) in [5.41, 5.74) is 2.50. The molecule has 0 amide bonds. The fourth-order valence-electron chi connectivity index (χ4n) is 3.90. The second-order valence-corrected chi connectivity index (χ2v) is 7.35. The molecule has 4 rings (SSSR count). The zero-order valence-electron chi connectivity index (χ0n) is 14.9. The summed E-state index contributed by atoms with van der Waals surface area (Å²) < 4.78 is 11.9. The summed E-state index contributed by atoms with van der Waals surface area (Å²) in [6.45, 7) is 3.88. The van der Waals surface area contributed by atoms with E-state index in [1.165, 1.54) is 36.8 Å². The summed E-state index contributed by atoms with van der Waals surface area (Å²) >= 11 is 0. The van der Waals surface area contributed by atoms with Crippen molar-refractivity contribution in [3.05, 3.63) is 59.7 Å². The Morgan fingerprint density at radius 2 is 1.72 bits per heavy atom. The first kappa shape index (κ1) is 16.5. The molecule has 3 atom stereocenters. The number of nitrogens with one attached hydrogen (secondary N) is 1. The Hall–Kier alpha value is -2.00. The Morgan fingerprint density at radius 3 is 2.52 bits per heavy atom. The summed E-state index contributed by atoms with van der Waals surface area (Å²) in [6, 6.07) is 17.3. The van der Waals surface area contributed by atoms with Crippen molar-refractivity contribution < 1.29 is 9.47 Å². The highest BCUT2D eigenvalue weighted by Crippen LogP contribution is 2.35. The smallest absolute Gasteiger partial charge is 0.162 e. The number of hydrogen-bond acceptors (Lipinski definition) is 3. The van der Waals surface area contributed by atoms with Crippen LogP contribution in [0.15, 0.2) is 48.5 Å². The van der Waals surface area contributed by atoms with Gasteiger partial charge < -0.3 is 14.8 Å². The molecule has 3 nitrogen and oxygen atoms in total. The highest BCUT2D eigenvalue weighted by atomic mass is 16.6. The average molecular weight is 337 g/mol. The minimum atomic E-state index is -0.0322. The molecule has 0 aromatic heterocycles. The molecule has 2 aromatic rings. The predicted molar refractivity (Wildman–Crippen MR) is 100 cm³/mol. The van der Waals surface area contributed by atoms with Gasteiger partial charge in [-0.15, -0.1) is 0 Å². The van der Waals surface area contributed by atoms with Crippen LogP contribution in [0.1, 0.15) is 49.8 Å². The van der Waals surface area contributed by atoms with E-state index in [0.29, 0.717) is 12.6 Å². The Bertz CT molecular complexity index is 697. The van der Waals surface area contributed by atoms with Gasteiger partial charge in [-0.05, 0) is 42.0 Å². The van der Waals surface area contributed by atoms with Crippen LogP contribution in [-0.4, -0.2) is 12.6 Å². The number of para-hydroxylation sites is 2. The quantitative estimate of drug-likeness (QED) is 0.863. The molecule has 2 aliphatic rings. The molecule has 1 heterocycles. The molecule has 1 aliphatic carbocycles. The first-order chi connectivity index (χ1) is 12.3. The van der Waals surface area contributed by atoms with Crippen LogP contribution in [0, 0.1) is 5.92 Å². The lowest BCUT2D eigenvalue weighted by Crippen LogP contribution is -2.36. The number of fused-ring (bicyclic) bond motifs is 1. The van der Waals surface area contributed by atoms with Gasteiger partial charge in [0.15, 0.2) is 17.6 Å². The largest absolute Gasteiger partial charge is 0.485 e. The zero-order valence-corrected chi connectivity index (χ0v) is 14.9. The Kier molecular flexibility index (Phi) is 4.93. The van der Waals surface area contributed by atoms with Crippen molar-refractivity contribution in [3.8, 4) is 11.5 Å². The van der Waals surface area contributed by atoms with Crippen LogP contribution in [-0.2, 0) is 6.54 Å². The molecule has 0 radical (unpaired) electrons. The minimum Gasteiger partial charge on any atom is -0.485 e. The number of benzene rings is 2. The molecule has 1 saturated carbocycles. The molecule has 25 heavy (non-hydrogen) atoms. The summed E-state index contributed by atoms with van der Waals surface area (Å²) in [4.78, 5) is 0. The Labute approximate surface area is 150 Å².